The van der Waals surface area contributed by atoms with Gasteiger partial charge in [0.1, 0.15) is 11.6 Å². The van der Waals surface area contributed by atoms with Gasteiger partial charge in [-0.05, 0) is 64.2 Å². The van der Waals surface area contributed by atoms with E-state index in [1.165, 1.54) is 12.8 Å². The first-order valence-electron chi connectivity index (χ1n) is 9.49. The fourth-order valence-corrected chi connectivity index (χ4v) is 4.04. The Hall–Kier alpha value is -2.89. The fraction of sp³-hybridized carbons (Fsp3) is 0.381. The molecule has 1 saturated carbocycles. The third-order valence-corrected chi connectivity index (χ3v) is 5.53. The molecule has 1 aromatic carbocycles. The summed E-state index contributed by atoms with van der Waals surface area (Å²) < 4.78 is 5.41. The number of benzene rings is 1. The Morgan fingerprint density at radius 2 is 1.89 bits per heavy atom. The number of nitrogens with zero attached hydrogens (tertiary/aromatic N) is 3. The highest BCUT2D eigenvalue weighted by atomic mass is 16.5. The molecule has 0 amide bonds. The normalized spacial score (nSPS) is 14.4. The number of nitrogens with one attached hydrogen (secondary N) is 2. The summed E-state index contributed by atoms with van der Waals surface area (Å²) in [5.41, 5.74) is 9.37. The number of hydrogen-bond acceptors (Lipinski definition) is 4. The van der Waals surface area contributed by atoms with Crippen molar-refractivity contribution in [1.29, 1.82) is 0 Å². The van der Waals surface area contributed by atoms with E-state index in [9.17, 15) is 0 Å². The Balaban J connectivity index is 1.78. The number of imidazole rings is 1. The van der Waals surface area contributed by atoms with E-state index in [4.69, 9.17) is 9.51 Å². The SMILES string of the molecule is Cc1n[nH]c(C)c1-c1cc(-c2c(C)noc2C)cc2[nH]c(CC3CC3)nc12. The molecule has 1 fully saturated rings. The van der Waals surface area contributed by atoms with E-state index in [0.29, 0.717) is 0 Å². The lowest BCUT2D eigenvalue weighted by Crippen LogP contribution is -1.90. The van der Waals surface area contributed by atoms with Crippen LogP contribution in [0.25, 0.3) is 33.3 Å². The van der Waals surface area contributed by atoms with Gasteiger partial charge in [0.2, 0.25) is 0 Å². The maximum absolute atomic E-state index is 5.41. The Kier molecular flexibility index (Phi) is 3.50. The van der Waals surface area contributed by atoms with E-state index in [2.05, 4.69) is 39.4 Å². The summed E-state index contributed by atoms with van der Waals surface area (Å²) in [7, 11) is 0. The van der Waals surface area contributed by atoms with E-state index in [-0.39, 0.29) is 0 Å². The van der Waals surface area contributed by atoms with Gasteiger partial charge in [-0.25, -0.2) is 4.98 Å². The summed E-state index contributed by atoms with van der Waals surface area (Å²) in [4.78, 5) is 8.52. The predicted molar refractivity (Wildman–Crippen MR) is 105 cm³/mol. The Morgan fingerprint density at radius 3 is 2.52 bits per heavy atom. The Bertz CT molecular complexity index is 1120. The highest BCUT2D eigenvalue weighted by Gasteiger charge is 2.24. The first-order chi connectivity index (χ1) is 13.0. The average molecular weight is 361 g/mol. The van der Waals surface area contributed by atoms with Crippen molar-refractivity contribution in [3.05, 3.63) is 40.8 Å². The van der Waals surface area contributed by atoms with Crippen LogP contribution in [0.3, 0.4) is 0 Å². The molecule has 0 aliphatic heterocycles. The van der Waals surface area contributed by atoms with E-state index in [1.807, 2.05) is 20.8 Å². The lowest BCUT2D eigenvalue weighted by molar-refractivity contribution is 0.393. The largest absolute Gasteiger partial charge is 0.361 e. The van der Waals surface area contributed by atoms with Crippen LogP contribution in [-0.2, 0) is 6.42 Å². The molecular weight excluding hydrogens is 338 g/mol. The average Bonchev–Trinajstić information content (AvgIpc) is 3.10. The van der Waals surface area contributed by atoms with Crippen molar-refractivity contribution < 1.29 is 4.52 Å². The highest BCUT2D eigenvalue weighted by Crippen LogP contribution is 2.38. The van der Waals surface area contributed by atoms with Crippen LogP contribution in [0.1, 0.15) is 41.5 Å². The molecule has 6 heteroatoms. The van der Waals surface area contributed by atoms with Gasteiger partial charge in [-0.1, -0.05) is 5.16 Å². The lowest BCUT2D eigenvalue weighted by Gasteiger charge is -2.08. The minimum atomic E-state index is 0.786. The molecule has 0 unspecified atom stereocenters. The molecule has 1 aliphatic carbocycles. The van der Waals surface area contributed by atoms with Crippen LogP contribution >= 0.6 is 0 Å². The van der Waals surface area contributed by atoms with Crippen molar-refractivity contribution in [2.45, 2.75) is 47.0 Å². The molecule has 27 heavy (non-hydrogen) atoms. The standard InChI is InChI=1S/C21H23N5O/c1-10-19(11(2)25-24-10)16-8-15(20-12(3)26-27-13(20)4)9-17-21(16)23-18(22-17)7-14-5-6-14/h8-9,14H,5-7H2,1-4H3,(H,22,23)(H,24,25). The maximum atomic E-state index is 5.41. The Labute approximate surface area is 157 Å². The van der Waals surface area contributed by atoms with Crippen LogP contribution < -0.4 is 0 Å². The summed E-state index contributed by atoms with van der Waals surface area (Å²) in [5.74, 6) is 2.69. The molecule has 0 bridgehead atoms. The number of aromatic amines is 2. The molecule has 4 aromatic rings. The molecule has 0 saturated heterocycles. The van der Waals surface area contributed by atoms with Gasteiger partial charge >= 0.3 is 0 Å². The third-order valence-electron chi connectivity index (χ3n) is 5.53. The van der Waals surface area contributed by atoms with Crippen molar-refractivity contribution in [3.63, 3.8) is 0 Å². The van der Waals surface area contributed by atoms with E-state index >= 15 is 0 Å². The highest BCUT2D eigenvalue weighted by molar-refractivity contribution is 5.97. The smallest absolute Gasteiger partial charge is 0.141 e. The topological polar surface area (TPSA) is 83.4 Å². The zero-order chi connectivity index (χ0) is 18.7. The number of rotatable bonds is 4. The molecule has 0 atom stereocenters. The summed E-state index contributed by atoms with van der Waals surface area (Å²) in [5, 5.41) is 11.6. The van der Waals surface area contributed by atoms with Crippen molar-refractivity contribution in [3.8, 4) is 22.3 Å². The molecule has 5 rings (SSSR count). The second kappa shape index (κ2) is 5.81. The van der Waals surface area contributed by atoms with Crippen LogP contribution in [0, 0.1) is 33.6 Å². The van der Waals surface area contributed by atoms with Gasteiger partial charge in [-0.3, -0.25) is 5.10 Å². The van der Waals surface area contributed by atoms with Crippen molar-refractivity contribution >= 4 is 11.0 Å². The Morgan fingerprint density at radius 1 is 1.07 bits per heavy atom. The number of fused-ring (bicyclic) bond motifs is 1. The molecule has 0 spiro atoms. The molecule has 3 heterocycles. The van der Waals surface area contributed by atoms with Gasteiger partial charge in [0.05, 0.1) is 22.4 Å². The quantitative estimate of drug-likeness (QED) is 0.547. The predicted octanol–water partition coefficient (Wildman–Crippen LogP) is 4.79. The summed E-state index contributed by atoms with van der Waals surface area (Å²) in [6.45, 7) is 8.03. The third kappa shape index (κ3) is 2.67. The summed E-state index contributed by atoms with van der Waals surface area (Å²) in [6, 6.07) is 4.36. The number of hydrogen-bond donors (Lipinski definition) is 2. The first-order valence-corrected chi connectivity index (χ1v) is 9.49. The van der Waals surface area contributed by atoms with Gasteiger partial charge < -0.3 is 9.51 Å². The molecule has 1 aliphatic rings. The molecule has 6 nitrogen and oxygen atoms in total. The van der Waals surface area contributed by atoms with Gasteiger partial charge in [0.15, 0.2) is 0 Å². The zero-order valence-electron chi connectivity index (χ0n) is 16.1. The molecule has 2 N–H and O–H groups in total. The van der Waals surface area contributed by atoms with Crippen LogP contribution in [0.5, 0.6) is 0 Å². The van der Waals surface area contributed by atoms with E-state index in [0.717, 1.165) is 74.3 Å². The number of H-pyrrole nitrogens is 2. The molecule has 3 aromatic heterocycles. The van der Waals surface area contributed by atoms with Crippen LogP contribution in [0.4, 0.5) is 0 Å². The van der Waals surface area contributed by atoms with Crippen LogP contribution in [-0.4, -0.2) is 25.3 Å². The lowest BCUT2D eigenvalue weighted by atomic mass is 9.96. The first kappa shape index (κ1) is 16.3. The van der Waals surface area contributed by atoms with Crippen LogP contribution in [0.15, 0.2) is 16.7 Å². The monoisotopic (exact) mass is 361 g/mol. The zero-order valence-corrected chi connectivity index (χ0v) is 16.1. The maximum Gasteiger partial charge on any atom is 0.141 e. The van der Waals surface area contributed by atoms with E-state index in [1.54, 1.807) is 0 Å². The van der Waals surface area contributed by atoms with Crippen molar-refractivity contribution in [2.24, 2.45) is 5.92 Å². The van der Waals surface area contributed by atoms with Crippen LogP contribution in [0.2, 0.25) is 0 Å². The summed E-state index contributed by atoms with van der Waals surface area (Å²) in [6.07, 6.45) is 3.65. The fourth-order valence-electron chi connectivity index (χ4n) is 4.04. The minimum Gasteiger partial charge on any atom is -0.361 e. The number of aromatic nitrogens is 5. The van der Waals surface area contributed by atoms with Gasteiger partial charge in [-0.2, -0.15) is 5.10 Å². The van der Waals surface area contributed by atoms with E-state index < -0.39 is 0 Å². The summed E-state index contributed by atoms with van der Waals surface area (Å²) >= 11 is 0. The van der Waals surface area contributed by atoms with Crippen molar-refractivity contribution in [1.82, 2.24) is 25.3 Å². The molecule has 138 valence electrons. The molecular formula is C21H23N5O. The second-order valence-corrected chi connectivity index (χ2v) is 7.76. The molecule has 0 radical (unpaired) electrons. The van der Waals surface area contributed by atoms with Crippen molar-refractivity contribution in [2.75, 3.05) is 0 Å². The number of aryl methyl sites for hydroxylation is 4. The minimum absolute atomic E-state index is 0.786. The van der Waals surface area contributed by atoms with Gasteiger partial charge in [-0.15, -0.1) is 0 Å². The van der Waals surface area contributed by atoms with Gasteiger partial charge in [0, 0.05) is 28.8 Å². The second-order valence-electron chi connectivity index (χ2n) is 7.76. The van der Waals surface area contributed by atoms with Gasteiger partial charge in [0.25, 0.3) is 0 Å².